The van der Waals surface area contributed by atoms with Crippen LogP contribution in [0.2, 0.25) is 0 Å². The molecule has 2 aromatic rings. The Morgan fingerprint density at radius 3 is 2.34 bits per heavy atom. The fourth-order valence-electron chi connectivity index (χ4n) is 3.81. The van der Waals surface area contributed by atoms with Crippen LogP contribution in [-0.2, 0) is 14.8 Å². The van der Waals surface area contributed by atoms with Gasteiger partial charge in [-0.3, -0.25) is 14.3 Å². The van der Waals surface area contributed by atoms with Crippen molar-refractivity contribution in [1.82, 2.24) is 10.2 Å². The third kappa shape index (κ3) is 5.68. The molecule has 1 saturated heterocycles. The van der Waals surface area contributed by atoms with Gasteiger partial charge in [-0.25, -0.2) is 8.42 Å². The van der Waals surface area contributed by atoms with Crippen LogP contribution in [0.25, 0.3) is 0 Å². The SMILES string of the molecule is Cc1cccc(NS(=O)(=O)c2ccc(C)c(C(=O)NC3CCN(C(=O)C(C)C)CC3)c2)c1. The number of hydrogen-bond donors (Lipinski definition) is 2. The highest BCUT2D eigenvalue weighted by molar-refractivity contribution is 7.92. The molecule has 0 bridgehead atoms. The summed E-state index contributed by atoms with van der Waals surface area (Å²) in [6.07, 6.45) is 1.35. The largest absolute Gasteiger partial charge is 0.349 e. The number of anilines is 1. The number of benzene rings is 2. The summed E-state index contributed by atoms with van der Waals surface area (Å²) in [6.45, 7) is 8.64. The van der Waals surface area contributed by atoms with Gasteiger partial charge in [-0.1, -0.05) is 32.0 Å². The third-order valence-corrected chi connectivity index (χ3v) is 7.05. The topological polar surface area (TPSA) is 95.6 Å². The molecule has 1 fully saturated rings. The Hall–Kier alpha value is -2.87. The summed E-state index contributed by atoms with van der Waals surface area (Å²) < 4.78 is 28.3. The van der Waals surface area contributed by atoms with E-state index in [1.54, 1.807) is 31.2 Å². The second-order valence-electron chi connectivity index (χ2n) is 8.68. The number of rotatable bonds is 6. The van der Waals surface area contributed by atoms with Crippen molar-refractivity contribution in [3.8, 4) is 0 Å². The molecule has 7 nitrogen and oxygen atoms in total. The van der Waals surface area contributed by atoms with E-state index in [4.69, 9.17) is 0 Å². The van der Waals surface area contributed by atoms with E-state index in [0.29, 0.717) is 42.7 Å². The average Bonchev–Trinajstić information content (AvgIpc) is 2.73. The second-order valence-corrected chi connectivity index (χ2v) is 10.4. The molecule has 2 N–H and O–H groups in total. The maximum absolute atomic E-state index is 12.9. The van der Waals surface area contributed by atoms with E-state index < -0.39 is 10.0 Å². The molecule has 0 radical (unpaired) electrons. The van der Waals surface area contributed by atoms with E-state index in [1.165, 1.54) is 12.1 Å². The van der Waals surface area contributed by atoms with E-state index in [2.05, 4.69) is 10.0 Å². The average molecular weight is 458 g/mol. The van der Waals surface area contributed by atoms with Gasteiger partial charge in [0.25, 0.3) is 15.9 Å². The molecule has 0 spiro atoms. The van der Waals surface area contributed by atoms with Gasteiger partial charge in [0.05, 0.1) is 4.90 Å². The Morgan fingerprint density at radius 2 is 1.72 bits per heavy atom. The van der Waals surface area contributed by atoms with Gasteiger partial charge >= 0.3 is 0 Å². The Kier molecular flexibility index (Phi) is 7.23. The van der Waals surface area contributed by atoms with Crippen LogP contribution in [-0.4, -0.2) is 44.3 Å². The van der Waals surface area contributed by atoms with Gasteiger partial charge in [-0.15, -0.1) is 0 Å². The molecule has 1 heterocycles. The number of piperidine rings is 1. The minimum absolute atomic E-state index is 0.0344. The van der Waals surface area contributed by atoms with Crippen molar-refractivity contribution in [3.05, 3.63) is 59.2 Å². The predicted octanol–water partition coefficient (Wildman–Crippen LogP) is 3.48. The van der Waals surface area contributed by atoms with Crippen molar-refractivity contribution >= 4 is 27.5 Å². The van der Waals surface area contributed by atoms with Gasteiger partial charge in [0, 0.05) is 36.3 Å². The number of carbonyl (C=O) groups is 2. The van der Waals surface area contributed by atoms with Gasteiger partial charge in [0.1, 0.15) is 0 Å². The van der Waals surface area contributed by atoms with Crippen molar-refractivity contribution < 1.29 is 18.0 Å². The van der Waals surface area contributed by atoms with Crippen molar-refractivity contribution in [2.75, 3.05) is 17.8 Å². The quantitative estimate of drug-likeness (QED) is 0.694. The van der Waals surface area contributed by atoms with Crippen LogP contribution in [0, 0.1) is 19.8 Å². The van der Waals surface area contributed by atoms with E-state index in [0.717, 1.165) is 5.56 Å². The molecule has 1 aliphatic heterocycles. The summed E-state index contributed by atoms with van der Waals surface area (Å²) in [6, 6.07) is 11.6. The van der Waals surface area contributed by atoms with Crippen molar-refractivity contribution in [2.24, 2.45) is 5.92 Å². The molecular formula is C24H31N3O4S. The zero-order valence-electron chi connectivity index (χ0n) is 19.0. The number of sulfonamides is 1. The summed E-state index contributed by atoms with van der Waals surface area (Å²) >= 11 is 0. The molecule has 172 valence electrons. The van der Waals surface area contributed by atoms with Crippen LogP contribution < -0.4 is 10.0 Å². The molecule has 0 atom stereocenters. The third-order valence-electron chi connectivity index (χ3n) is 5.67. The van der Waals surface area contributed by atoms with Crippen LogP contribution in [0.5, 0.6) is 0 Å². The first-order valence-corrected chi connectivity index (χ1v) is 12.3. The molecule has 0 unspecified atom stereocenters. The van der Waals surface area contributed by atoms with Crippen molar-refractivity contribution in [3.63, 3.8) is 0 Å². The number of amides is 2. The van der Waals surface area contributed by atoms with E-state index in [9.17, 15) is 18.0 Å². The van der Waals surface area contributed by atoms with Gasteiger partial charge in [0.2, 0.25) is 5.91 Å². The number of nitrogens with one attached hydrogen (secondary N) is 2. The summed E-state index contributed by atoms with van der Waals surface area (Å²) in [5, 5.41) is 3.01. The monoisotopic (exact) mass is 457 g/mol. The number of likely N-dealkylation sites (tertiary alicyclic amines) is 1. The normalized spacial score (nSPS) is 15.0. The second kappa shape index (κ2) is 9.73. The van der Waals surface area contributed by atoms with Gasteiger partial charge in [-0.05, 0) is 62.1 Å². The highest BCUT2D eigenvalue weighted by Crippen LogP contribution is 2.21. The molecule has 1 aliphatic rings. The molecular weight excluding hydrogens is 426 g/mol. The predicted molar refractivity (Wildman–Crippen MR) is 125 cm³/mol. The van der Waals surface area contributed by atoms with Crippen LogP contribution in [0.15, 0.2) is 47.4 Å². The van der Waals surface area contributed by atoms with Crippen LogP contribution >= 0.6 is 0 Å². The number of nitrogens with zero attached hydrogens (tertiary/aromatic N) is 1. The smallest absolute Gasteiger partial charge is 0.261 e. The van der Waals surface area contributed by atoms with Gasteiger partial charge in [0.15, 0.2) is 0 Å². The lowest BCUT2D eigenvalue weighted by atomic mass is 10.0. The molecule has 2 amide bonds. The zero-order valence-corrected chi connectivity index (χ0v) is 19.8. The zero-order chi connectivity index (χ0) is 23.5. The number of carbonyl (C=O) groups excluding carboxylic acids is 2. The molecule has 8 heteroatoms. The lowest BCUT2D eigenvalue weighted by molar-refractivity contribution is -0.135. The number of hydrogen-bond acceptors (Lipinski definition) is 4. The van der Waals surface area contributed by atoms with Gasteiger partial charge < -0.3 is 10.2 Å². The maximum atomic E-state index is 12.9. The number of aryl methyl sites for hydroxylation is 2. The molecule has 0 aromatic heterocycles. The van der Waals surface area contributed by atoms with Gasteiger partial charge in [-0.2, -0.15) is 0 Å². The van der Waals surface area contributed by atoms with Crippen LogP contribution in [0.4, 0.5) is 5.69 Å². The minimum Gasteiger partial charge on any atom is -0.349 e. The fraction of sp³-hybridized carbons (Fsp3) is 0.417. The highest BCUT2D eigenvalue weighted by Gasteiger charge is 2.26. The Morgan fingerprint density at radius 1 is 1.03 bits per heavy atom. The summed E-state index contributed by atoms with van der Waals surface area (Å²) in [7, 11) is -3.84. The highest BCUT2D eigenvalue weighted by atomic mass is 32.2. The first-order chi connectivity index (χ1) is 15.1. The van der Waals surface area contributed by atoms with Crippen LogP contribution in [0.3, 0.4) is 0 Å². The standard InChI is InChI=1S/C24H31N3O4S/c1-16(2)24(29)27-12-10-19(11-13-27)25-23(28)22-15-21(9-8-18(22)4)32(30,31)26-20-7-5-6-17(3)14-20/h5-9,14-16,19,26H,10-13H2,1-4H3,(H,25,28). The molecule has 0 aliphatic carbocycles. The molecule has 32 heavy (non-hydrogen) atoms. The van der Waals surface area contributed by atoms with E-state index in [1.807, 2.05) is 31.7 Å². The first-order valence-electron chi connectivity index (χ1n) is 10.9. The van der Waals surface area contributed by atoms with Crippen molar-refractivity contribution in [2.45, 2.75) is 51.5 Å². The van der Waals surface area contributed by atoms with E-state index >= 15 is 0 Å². The fourth-order valence-corrected chi connectivity index (χ4v) is 4.88. The lowest BCUT2D eigenvalue weighted by Gasteiger charge is -2.33. The minimum atomic E-state index is -3.84. The first kappa shape index (κ1) is 23.8. The molecule has 3 rings (SSSR count). The Balaban J connectivity index is 1.70. The van der Waals surface area contributed by atoms with E-state index in [-0.39, 0.29) is 28.7 Å². The summed E-state index contributed by atoms with van der Waals surface area (Å²) in [5.41, 5.74) is 2.44. The summed E-state index contributed by atoms with van der Waals surface area (Å²) in [4.78, 5) is 27.0. The molecule has 0 saturated carbocycles. The summed E-state index contributed by atoms with van der Waals surface area (Å²) in [5.74, 6) is -0.213. The maximum Gasteiger partial charge on any atom is 0.261 e. The van der Waals surface area contributed by atoms with Crippen molar-refractivity contribution in [1.29, 1.82) is 0 Å². The molecule has 2 aromatic carbocycles. The Bertz CT molecular complexity index is 1100. The van der Waals surface area contributed by atoms with Crippen LogP contribution in [0.1, 0.15) is 48.2 Å². The Labute approximate surface area is 190 Å². The lowest BCUT2D eigenvalue weighted by Crippen LogP contribution is -2.47.